The molecule has 2 rings (SSSR count). The fraction of sp³-hybridized carbons (Fsp3) is 0.308. The molecule has 0 aliphatic heterocycles. The lowest BCUT2D eigenvalue weighted by atomic mass is 10.2. The van der Waals surface area contributed by atoms with E-state index in [0.717, 1.165) is 11.9 Å². The van der Waals surface area contributed by atoms with E-state index in [2.05, 4.69) is 48.4 Å². The van der Waals surface area contributed by atoms with Gasteiger partial charge in [0.15, 0.2) is 0 Å². The van der Waals surface area contributed by atoms with Crippen LogP contribution >= 0.6 is 0 Å². The van der Waals surface area contributed by atoms with Crippen molar-refractivity contribution in [2.24, 2.45) is 0 Å². The van der Waals surface area contributed by atoms with Crippen molar-refractivity contribution in [1.82, 2.24) is 4.98 Å². The largest absolute Gasteiger partial charge is 0.383 e. The van der Waals surface area contributed by atoms with Gasteiger partial charge in [-0.2, -0.15) is 0 Å². The molecule has 0 saturated heterocycles. The van der Waals surface area contributed by atoms with E-state index in [4.69, 9.17) is 0 Å². The second-order valence-electron chi connectivity index (χ2n) is 3.86. The van der Waals surface area contributed by atoms with Crippen molar-refractivity contribution in [3.63, 3.8) is 0 Å². The third kappa shape index (κ3) is 2.27. The molecule has 0 fully saturated rings. The molecule has 2 heteroatoms. The summed E-state index contributed by atoms with van der Waals surface area (Å²) >= 11 is 0. The van der Waals surface area contributed by atoms with Crippen LogP contribution in [0.3, 0.4) is 0 Å². The number of nitrogens with one attached hydrogen (secondary N) is 1. The molecule has 78 valence electrons. The SMILES string of the molecule is CCC(C)Nc1ccc2ncccc2c1. The Hall–Kier alpha value is -1.57. The van der Waals surface area contributed by atoms with Gasteiger partial charge in [0.2, 0.25) is 0 Å². The van der Waals surface area contributed by atoms with Crippen LogP contribution in [-0.2, 0) is 0 Å². The number of rotatable bonds is 3. The minimum Gasteiger partial charge on any atom is -0.383 e. The van der Waals surface area contributed by atoms with Crippen LogP contribution in [0.1, 0.15) is 20.3 Å². The molecule has 1 aromatic heterocycles. The number of nitrogens with zero attached hydrogens (tertiary/aromatic N) is 1. The number of fused-ring (bicyclic) bond motifs is 1. The molecular weight excluding hydrogens is 184 g/mol. The average molecular weight is 200 g/mol. The number of aromatic nitrogens is 1. The highest BCUT2D eigenvalue weighted by Crippen LogP contribution is 2.17. The van der Waals surface area contributed by atoms with Crippen molar-refractivity contribution < 1.29 is 0 Å². The van der Waals surface area contributed by atoms with Crippen LogP contribution in [0.2, 0.25) is 0 Å². The minimum absolute atomic E-state index is 0.513. The highest BCUT2D eigenvalue weighted by atomic mass is 14.9. The number of benzene rings is 1. The summed E-state index contributed by atoms with van der Waals surface area (Å²) in [7, 11) is 0. The first-order valence-electron chi connectivity index (χ1n) is 5.41. The molecule has 0 bridgehead atoms. The summed E-state index contributed by atoms with van der Waals surface area (Å²) in [5.41, 5.74) is 2.22. The van der Waals surface area contributed by atoms with Crippen LogP contribution in [-0.4, -0.2) is 11.0 Å². The Bertz CT molecular complexity index is 451. The van der Waals surface area contributed by atoms with E-state index in [1.165, 1.54) is 11.1 Å². The highest BCUT2D eigenvalue weighted by molar-refractivity contribution is 5.82. The Morgan fingerprint density at radius 2 is 2.20 bits per heavy atom. The molecule has 0 spiro atoms. The fourth-order valence-corrected chi connectivity index (χ4v) is 1.55. The molecule has 15 heavy (non-hydrogen) atoms. The zero-order valence-electron chi connectivity index (χ0n) is 9.20. The van der Waals surface area contributed by atoms with Gasteiger partial charge in [-0.3, -0.25) is 4.98 Å². The molecule has 1 aromatic carbocycles. The van der Waals surface area contributed by atoms with E-state index in [9.17, 15) is 0 Å². The predicted molar refractivity (Wildman–Crippen MR) is 65.1 cm³/mol. The summed E-state index contributed by atoms with van der Waals surface area (Å²) in [6.07, 6.45) is 2.95. The quantitative estimate of drug-likeness (QED) is 0.820. The van der Waals surface area contributed by atoms with Gasteiger partial charge in [0.05, 0.1) is 5.52 Å². The minimum atomic E-state index is 0.513. The van der Waals surface area contributed by atoms with Crippen molar-refractivity contribution >= 4 is 16.6 Å². The van der Waals surface area contributed by atoms with Crippen LogP contribution < -0.4 is 5.32 Å². The molecular formula is C13H16N2. The van der Waals surface area contributed by atoms with Gasteiger partial charge in [-0.25, -0.2) is 0 Å². The summed E-state index contributed by atoms with van der Waals surface area (Å²) in [4.78, 5) is 4.29. The maximum atomic E-state index is 4.29. The van der Waals surface area contributed by atoms with Crippen molar-refractivity contribution in [1.29, 1.82) is 0 Å². The molecule has 1 heterocycles. The standard InChI is InChI=1S/C13H16N2/c1-3-10(2)15-12-6-7-13-11(9-12)5-4-8-14-13/h4-10,15H,3H2,1-2H3. The molecule has 1 atom stereocenters. The first kappa shape index (κ1) is 9.97. The Labute approximate surface area is 90.3 Å². The van der Waals surface area contributed by atoms with Gasteiger partial charge in [-0.1, -0.05) is 13.0 Å². The van der Waals surface area contributed by atoms with Gasteiger partial charge in [0.25, 0.3) is 0 Å². The Balaban J connectivity index is 2.30. The normalized spacial score (nSPS) is 12.7. The zero-order chi connectivity index (χ0) is 10.7. The van der Waals surface area contributed by atoms with E-state index < -0.39 is 0 Å². The van der Waals surface area contributed by atoms with Crippen molar-refractivity contribution in [3.8, 4) is 0 Å². The lowest BCUT2D eigenvalue weighted by molar-refractivity contribution is 0.764. The maximum Gasteiger partial charge on any atom is 0.0703 e. The third-order valence-electron chi connectivity index (χ3n) is 2.63. The molecule has 2 aromatic rings. The fourth-order valence-electron chi connectivity index (χ4n) is 1.55. The van der Waals surface area contributed by atoms with Crippen molar-refractivity contribution in [3.05, 3.63) is 36.5 Å². The molecule has 0 aliphatic rings. The summed E-state index contributed by atoms with van der Waals surface area (Å²) in [5.74, 6) is 0. The number of hydrogen-bond acceptors (Lipinski definition) is 2. The van der Waals surface area contributed by atoms with E-state index >= 15 is 0 Å². The highest BCUT2D eigenvalue weighted by Gasteiger charge is 1.99. The molecule has 0 amide bonds. The lowest BCUT2D eigenvalue weighted by Crippen LogP contribution is -2.13. The van der Waals surface area contributed by atoms with Gasteiger partial charge >= 0.3 is 0 Å². The van der Waals surface area contributed by atoms with Crippen LogP contribution in [0.25, 0.3) is 10.9 Å². The topological polar surface area (TPSA) is 24.9 Å². The number of pyridine rings is 1. The first-order valence-corrected chi connectivity index (χ1v) is 5.41. The van der Waals surface area contributed by atoms with Crippen LogP contribution in [0.15, 0.2) is 36.5 Å². The Kier molecular flexibility index (Phi) is 2.86. The average Bonchev–Trinajstić information content (AvgIpc) is 2.29. The van der Waals surface area contributed by atoms with Gasteiger partial charge < -0.3 is 5.32 Å². The second kappa shape index (κ2) is 4.30. The second-order valence-corrected chi connectivity index (χ2v) is 3.86. The molecule has 0 radical (unpaired) electrons. The molecule has 0 saturated carbocycles. The van der Waals surface area contributed by atoms with Crippen LogP contribution in [0.5, 0.6) is 0 Å². The molecule has 0 aliphatic carbocycles. The van der Waals surface area contributed by atoms with Crippen LogP contribution in [0.4, 0.5) is 5.69 Å². The van der Waals surface area contributed by atoms with E-state index in [1.807, 2.05) is 12.3 Å². The van der Waals surface area contributed by atoms with E-state index in [0.29, 0.717) is 6.04 Å². The summed E-state index contributed by atoms with van der Waals surface area (Å²) in [5, 5.41) is 4.64. The van der Waals surface area contributed by atoms with E-state index in [-0.39, 0.29) is 0 Å². The van der Waals surface area contributed by atoms with Crippen molar-refractivity contribution in [2.45, 2.75) is 26.3 Å². The summed E-state index contributed by atoms with van der Waals surface area (Å²) in [6, 6.07) is 10.9. The monoisotopic (exact) mass is 200 g/mol. The van der Waals surface area contributed by atoms with Gasteiger partial charge in [-0.05, 0) is 37.6 Å². The molecule has 1 unspecified atom stereocenters. The van der Waals surface area contributed by atoms with Crippen molar-refractivity contribution in [2.75, 3.05) is 5.32 Å². The summed E-state index contributed by atoms with van der Waals surface area (Å²) in [6.45, 7) is 4.37. The van der Waals surface area contributed by atoms with Gasteiger partial charge in [-0.15, -0.1) is 0 Å². The Morgan fingerprint density at radius 3 is 3.00 bits per heavy atom. The first-order chi connectivity index (χ1) is 7.29. The number of anilines is 1. The number of hydrogen-bond donors (Lipinski definition) is 1. The smallest absolute Gasteiger partial charge is 0.0703 e. The molecule has 1 N–H and O–H groups in total. The third-order valence-corrected chi connectivity index (χ3v) is 2.63. The predicted octanol–water partition coefficient (Wildman–Crippen LogP) is 3.45. The molecule has 2 nitrogen and oxygen atoms in total. The maximum absolute atomic E-state index is 4.29. The summed E-state index contributed by atoms with van der Waals surface area (Å²) < 4.78 is 0. The van der Waals surface area contributed by atoms with E-state index in [1.54, 1.807) is 0 Å². The van der Waals surface area contributed by atoms with Crippen LogP contribution in [0, 0.1) is 0 Å². The lowest BCUT2D eigenvalue weighted by Gasteiger charge is -2.13. The Morgan fingerprint density at radius 1 is 1.33 bits per heavy atom. The van der Waals surface area contributed by atoms with Gasteiger partial charge in [0.1, 0.15) is 0 Å². The van der Waals surface area contributed by atoms with Gasteiger partial charge in [0, 0.05) is 23.3 Å². The zero-order valence-corrected chi connectivity index (χ0v) is 9.20.